The Hall–Kier alpha value is -2.55. The van der Waals surface area contributed by atoms with Crippen molar-refractivity contribution in [1.82, 2.24) is 5.32 Å². The van der Waals surface area contributed by atoms with Gasteiger partial charge in [0.2, 0.25) is 5.91 Å². The van der Waals surface area contributed by atoms with E-state index in [1.54, 1.807) is 6.08 Å². The molecule has 0 spiro atoms. The highest BCUT2D eigenvalue weighted by Crippen LogP contribution is 2.26. The number of ether oxygens (including phenoxy) is 1. The maximum atomic E-state index is 12.3. The molecule has 0 saturated carbocycles. The first-order valence-electron chi connectivity index (χ1n) is 9.40. The smallest absolute Gasteiger partial charge is 0.244 e. The van der Waals surface area contributed by atoms with Gasteiger partial charge in [0.05, 0.1) is 0 Å². The highest BCUT2D eigenvalue weighted by molar-refractivity contribution is 5.92. The van der Waals surface area contributed by atoms with Crippen LogP contribution >= 0.6 is 0 Å². The first-order chi connectivity index (χ1) is 12.6. The van der Waals surface area contributed by atoms with Gasteiger partial charge in [-0.05, 0) is 55.0 Å². The van der Waals surface area contributed by atoms with Crippen LogP contribution in [0.2, 0.25) is 0 Å². The van der Waals surface area contributed by atoms with E-state index in [0.717, 1.165) is 23.3 Å². The van der Waals surface area contributed by atoms with Gasteiger partial charge < -0.3 is 10.1 Å². The predicted molar refractivity (Wildman–Crippen MR) is 113 cm³/mol. The summed E-state index contributed by atoms with van der Waals surface area (Å²) in [6, 6.07) is 17.8. The molecule has 2 aromatic carbocycles. The second kappa shape index (κ2) is 8.90. The topological polar surface area (TPSA) is 38.3 Å². The third kappa shape index (κ3) is 8.12. The van der Waals surface area contributed by atoms with E-state index in [-0.39, 0.29) is 16.9 Å². The van der Waals surface area contributed by atoms with Crippen LogP contribution in [0.15, 0.2) is 60.7 Å². The summed E-state index contributed by atoms with van der Waals surface area (Å²) >= 11 is 0. The van der Waals surface area contributed by atoms with Crippen LogP contribution in [0, 0.1) is 5.41 Å². The molecular formula is C24H31NO2. The van der Waals surface area contributed by atoms with Gasteiger partial charge in [-0.15, -0.1) is 0 Å². The van der Waals surface area contributed by atoms with Crippen molar-refractivity contribution in [2.75, 3.05) is 0 Å². The molecule has 0 atom stereocenters. The van der Waals surface area contributed by atoms with Crippen molar-refractivity contribution in [1.29, 1.82) is 0 Å². The molecule has 0 heterocycles. The molecule has 0 fully saturated rings. The lowest BCUT2D eigenvalue weighted by Gasteiger charge is -2.32. The van der Waals surface area contributed by atoms with E-state index in [4.69, 9.17) is 4.74 Å². The summed E-state index contributed by atoms with van der Waals surface area (Å²) in [5, 5.41) is 3.09. The van der Waals surface area contributed by atoms with E-state index >= 15 is 0 Å². The second-order valence-corrected chi connectivity index (χ2v) is 8.79. The summed E-state index contributed by atoms with van der Waals surface area (Å²) in [5.41, 5.74) is 1.97. The molecule has 144 valence electrons. The van der Waals surface area contributed by atoms with Gasteiger partial charge in [-0.1, -0.05) is 63.2 Å². The lowest BCUT2D eigenvalue weighted by molar-refractivity contribution is -0.118. The molecular weight excluding hydrogens is 334 g/mol. The van der Waals surface area contributed by atoms with Gasteiger partial charge in [0.1, 0.15) is 12.4 Å². The minimum atomic E-state index is -0.250. The molecule has 0 bridgehead atoms. The third-order valence-corrected chi connectivity index (χ3v) is 3.97. The van der Waals surface area contributed by atoms with Crippen molar-refractivity contribution in [3.05, 3.63) is 71.8 Å². The number of nitrogens with one attached hydrogen (secondary N) is 1. The normalized spacial score (nSPS) is 12.2. The molecule has 1 amide bonds. The van der Waals surface area contributed by atoms with Crippen LogP contribution < -0.4 is 10.1 Å². The summed E-state index contributed by atoms with van der Waals surface area (Å²) < 4.78 is 5.84. The Bertz CT molecular complexity index is 770. The number of hydrogen-bond acceptors (Lipinski definition) is 2. The molecule has 0 aliphatic rings. The molecule has 2 rings (SSSR count). The number of amides is 1. The van der Waals surface area contributed by atoms with E-state index < -0.39 is 0 Å². The van der Waals surface area contributed by atoms with Crippen LogP contribution in [0.25, 0.3) is 6.08 Å². The first-order valence-corrected chi connectivity index (χ1v) is 9.40. The van der Waals surface area contributed by atoms with Crippen molar-refractivity contribution in [3.63, 3.8) is 0 Å². The minimum absolute atomic E-state index is 0.0835. The van der Waals surface area contributed by atoms with E-state index in [1.807, 2.05) is 60.7 Å². The fourth-order valence-corrected chi connectivity index (χ4v) is 3.37. The second-order valence-electron chi connectivity index (χ2n) is 8.79. The quantitative estimate of drug-likeness (QED) is 0.648. The van der Waals surface area contributed by atoms with Crippen LogP contribution in [-0.2, 0) is 11.4 Å². The zero-order chi connectivity index (χ0) is 19.9. The van der Waals surface area contributed by atoms with Gasteiger partial charge in [-0.2, -0.15) is 0 Å². The van der Waals surface area contributed by atoms with Crippen molar-refractivity contribution in [2.45, 2.75) is 53.2 Å². The number of carbonyl (C=O) groups is 1. The molecule has 3 nitrogen and oxygen atoms in total. The average Bonchev–Trinajstić information content (AvgIpc) is 2.57. The summed E-state index contributed by atoms with van der Waals surface area (Å²) in [6.07, 6.45) is 4.31. The number of rotatable bonds is 7. The van der Waals surface area contributed by atoms with Gasteiger partial charge in [-0.25, -0.2) is 0 Å². The zero-order valence-corrected chi connectivity index (χ0v) is 17.1. The maximum Gasteiger partial charge on any atom is 0.244 e. The number of carbonyl (C=O) groups excluding carboxylic acids is 1. The van der Waals surface area contributed by atoms with Crippen LogP contribution in [0.5, 0.6) is 5.75 Å². The Morgan fingerprint density at radius 2 is 1.70 bits per heavy atom. The van der Waals surface area contributed by atoms with Crippen LogP contribution in [-0.4, -0.2) is 11.4 Å². The molecule has 0 unspecified atom stereocenters. The minimum Gasteiger partial charge on any atom is -0.489 e. The summed E-state index contributed by atoms with van der Waals surface area (Å²) in [5.74, 6) is 0.703. The van der Waals surface area contributed by atoms with Gasteiger partial charge >= 0.3 is 0 Å². The molecule has 1 N–H and O–H groups in total. The molecule has 27 heavy (non-hydrogen) atoms. The summed E-state index contributed by atoms with van der Waals surface area (Å²) in [4.78, 5) is 12.3. The SMILES string of the molecule is CC(C)(C)CC(C)(C)NC(=O)/C=C/c1cccc(OCc2ccccc2)c1. The van der Waals surface area contributed by atoms with E-state index in [0.29, 0.717) is 6.61 Å². The molecule has 0 aliphatic carbocycles. The van der Waals surface area contributed by atoms with E-state index in [9.17, 15) is 4.79 Å². The van der Waals surface area contributed by atoms with Crippen molar-refractivity contribution >= 4 is 12.0 Å². The van der Waals surface area contributed by atoms with Crippen molar-refractivity contribution in [3.8, 4) is 5.75 Å². The highest BCUT2D eigenvalue weighted by Gasteiger charge is 2.26. The number of hydrogen-bond donors (Lipinski definition) is 1. The van der Waals surface area contributed by atoms with Crippen LogP contribution in [0.3, 0.4) is 0 Å². The van der Waals surface area contributed by atoms with Crippen LogP contribution in [0.4, 0.5) is 0 Å². The fourth-order valence-electron chi connectivity index (χ4n) is 3.37. The first kappa shape index (κ1) is 20.8. The fraction of sp³-hybridized carbons (Fsp3) is 0.375. The standard InChI is InChI=1S/C24H31NO2/c1-23(2,3)18-24(4,5)25-22(26)15-14-19-12-9-13-21(16-19)27-17-20-10-7-6-8-11-20/h6-16H,17-18H2,1-5H3,(H,25,26)/b15-14+. The summed E-state index contributed by atoms with van der Waals surface area (Å²) in [6.45, 7) is 11.2. The molecule has 2 aromatic rings. The van der Waals surface area contributed by atoms with E-state index in [2.05, 4.69) is 39.9 Å². The zero-order valence-electron chi connectivity index (χ0n) is 17.1. The Kier molecular flexibility index (Phi) is 6.84. The largest absolute Gasteiger partial charge is 0.489 e. The average molecular weight is 366 g/mol. The Morgan fingerprint density at radius 1 is 1.00 bits per heavy atom. The molecule has 0 radical (unpaired) electrons. The van der Waals surface area contributed by atoms with Gasteiger partial charge in [0, 0.05) is 11.6 Å². The van der Waals surface area contributed by atoms with Crippen LogP contribution in [0.1, 0.15) is 52.2 Å². The lowest BCUT2D eigenvalue weighted by atomic mass is 9.82. The molecule has 0 saturated heterocycles. The monoisotopic (exact) mass is 365 g/mol. The molecule has 0 aromatic heterocycles. The van der Waals surface area contributed by atoms with Crippen molar-refractivity contribution in [2.24, 2.45) is 5.41 Å². The van der Waals surface area contributed by atoms with Gasteiger partial charge in [0.25, 0.3) is 0 Å². The van der Waals surface area contributed by atoms with Gasteiger partial charge in [-0.3, -0.25) is 4.79 Å². The highest BCUT2D eigenvalue weighted by atomic mass is 16.5. The molecule has 3 heteroatoms. The lowest BCUT2D eigenvalue weighted by Crippen LogP contribution is -2.45. The maximum absolute atomic E-state index is 12.3. The molecule has 0 aliphatic heterocycles. The Labute approximate surface area is 163 Å². The third-order valence-electron chi connectivity index (χ3n) is 3.97. The predicted octanol–water partition coefficient (Wildman–Crippen LogP) is 5.61. The Balaban J connectivity index is 1.93. The number of benzene rings is 2. The van der Waals surface area contributed by atoms with E-state index in [1.165, 1.54) is 0 Å². The Morgan fingerprint density at radius 3 is 2.37 bits per heavy atom. The van der Waals surface area contributed by atoms with Crippen molar-refractivity contribution < 1.29 is 9.53 Å². The van der Waals surface area contributed by atoms with Gasteiger partial charge in [0.15, 0.2) is 0 Å². The summed E-state index contributed by atoms with van der Waals surface area (Å²) in [7, 11) is 0.